The first-order valence-electron chi connectivity index (χ1n) is 9.03. The van der Waals surface area contributed by atoms with Crippen molar-refractivity contribution in [3.05, 3.63) is 77.9 Å². The first-order valence-corrected chi connectivity index (χ1v) is 9.03. The Hall–Kier alpha value is -2.88. The van der Waals surface area contributed by atoms with Gasteiger partial charge >= 0.3 is 0 Å². The molecule has 2 amide bonds. The van der Waals surface area contributed by atoms with Crippen molar-refractivity contribution >= 4 is 17.4 Å². The van der Waals surface area contributed by atoms with Crippen molar-refractivity contribution in [1.29, 1.82) is 0 Å². The summed E-state index contributed by atoms with van der Waals surface area (Å²) in [6.07, 6.45) is 3.60. The van der Waals surface area contributed by atoms with Gasteiger partial charge in [0, 0.05) is 19.2 Å². The van der Waals surface area contributed by atoms with Crippen LogP contribution in [0.25, 0.3) is 5.57 Å². The molecule has 0 bridgehead atoms. The van der Waals surface area contributed by atoms with E-state index in [-0.39, 0.29) is 11.8 Å². The van der Waals surface area contributed by atoms with Gasteiger partial charge in [-0.15, -0.1) is 0 Å². The molecule has 0 spiro atoms. The second-order valence-electron chi connectivity index (χ2n) is 6.58. The standard InChI is InChI=1S/C22H24N2O2/c1-17(18-10-4-2-5-11-18)16-20(25)23-21(19-12-6-3-7-13-19)22(26)24-14-8-9-15-24/h2-7,10-13,16,21H,8-9,14-15H2,1H3,(H,23,25)/b17-16+/t21-/m0/s1. The highest BCUT2D eigenvalue weighted by Crippen LogP contribution is 2.20. The molecule has 0 unspecified atom stereocenters. The molecule has 3 rings (SSSR count). The monoisotopic (exact) mass is 348 g/mol. The molecule has 1 saturated heterocycles. The summed E-state index contributed by atoms with van der Waals surface area (Å²) < 4.78 is 0. The highest BCUT2D eigenvalue weighted by Gasteiger charge is 2.28. The van der Waals surface area contributed by atoms with E-state index in [1.165, 1.54) is 0 Å². The van der Waals surface area contributed by atoms with Gasteiger partial charge in [0.1, 0.15) is 6.04 Å². The Morgan fingerprint density at radius 3 is 2.15 bits per heavy atom. The minimum absolute atomic E-state index is 0.0344. The van der Waals surface area contributed by atoms with Crippen molar-refractivity contribution in [2.75, 3.05) is 13.1 Å². The van der Waals surface area contributed by atoms with Crippen LogP contribution in [-0.4, -0.2) is 29.8 Å². The lowest BCUT2D eigenvalue weighted by atomic mass is 10.0. The second-order valence-corrected chi connectivity index (χ2v) is 6.58. The molecule has 2 aromatic rings. The van der Waals surface area contributed by atoms with Crippen molar-refractivity contribution in [2.45, 2.75) is 25.8 Å². The smallest absolute Gasteiger partial charge is 0.249 e. The number of hydrogen-bond acceptors (Lipinski definition) is 2. The lowest BCUT2D eigenvalue weighted by molar-refractivity contribution is -0.134. The minimum atomic E-state index is -0.651. The Morgan fingerprint density at radius 1 is 0.962 bits per heavy atom. The van der Waals surface area contributed by atoms with Crippen molar-refractivity contribution in [3.63, 3.8) is 0 Å². The van der Waals surface area contributed by atoms with Crippen LogP contribution < -0.4 is 5.32 Å². The largest absolute Gasteiger partial charge is 0.341 e. The van der Waals surface area contributed by atoms with Gasteiger partial charge in [-0.25, -0.2) is 0 Å². The number of carbonyl (C=O) groups is 2. The summed E-state index contributed by atoms with van der Waals surface area (Å²) in [5.74, 6) is -0.291. The number of allylic oxidation sites excluding steroid dienone is 1. The van der Waals surface area contributed by atoms with Gasteiger partial charge in [-0.2, -0.15) is 0 Å². The second kappa shape index (κ2) is 8.48. The maximum atomic E-state index is 12.9. The van der Waals surface area contributed by atoms with Crippen LogP contribution in [0.4, 0.5) is 0 Å². The minimum Gasteiger partial charge on any atom is -0.341 e. The fourth-order valence-electron chi connectivity index (χ4n) is 3.22. The molecule has 1 aliphatic rings. The van der Waals surface area contributed by atoms with E-state index in [0.29, 0.717) is 0 Å². The van der Waals surface area contributed by atoms with Crippen LogP contribution in [-0.2, 0) is 9.59 Å². The molecule has 1 N–H and O–H groups in total. The van der Waals surface area contributed by atoms with Crippen molar-refractivity contribution in [2.24, 2.45) is 0 Å². The van der Waals surface area contributed by atoms with E-state index in [1.54, 1.807) is 6.08 Å². The highest BCUT2D eigenvalue weighted by molar-refractivity contribution is 5.98. The number of carbonyl (C=O) groups excluding carboxylic acids is 2. The van der Waals surface area contributed by atoms with Gasteiger partial charge in [0.15, 0.2) is 0 Å². The number of hydrogen-bond donors (Lipinski definition) is 1. The molecule has 1 fully saturated rings. The van der Waals surface area contributed by atoms with E-state index >= 15 is 0 Å². The number of rotatable bonds is 5. The third-order valence-corrected chi connectivity index (χ3v) is 4.66. The molecule has 0 aromatic heterocycles. The lowest BCUT2D eigenvalue weighted by Crippen LogP contribution is -2.41. The molecule has 2 aromatic carbocycles. The Kier molecular flexibility index (Phi) is 5.84. The molecule has 4 heteroatoms. The third-order valence-electron chi connectivity index (χ3n) is 4.66. The highest BCUT2D eigenvalue weighted by atomic mass is 16.2. The predicted molar refractivity (Wildman–Crippen MR) is 103 cm³/mol. The van der Waals surface area contributed by atoms with Crippen LogP contribution in [0.3, 0.4) is 0 Å². The molecule has 4 nitrogen and oxygen atoms in total. The zero-order chi connectivity index (χ0) is 18.4. The Morgan fingerprint density at radius 2 is 1.54 bits per heavy atom. The fourth-order valence-corrected chi connectivity index (χ4v) is 3.22. The molecule has 1 aliphatic heterocycles. The summed E-state index contributed by atoms with van der Waals surface area (Å²) >= 11 is 0. The summed E-state index contributed by atoms with van der Waals surface area (Å²) in [5.41, 5.74) is 2.66. The maximum absolute atomic E-state index is 12.9. The van der Waals surface area contributed by atoms with Crippen LogP contribution in [0.1, 0.15) is 36.9 Å². The van der Waals surface area contributed by atoms with Crippen LogP contribution >= 0.6 is 0 Å². The summed E-state index contributed by atoms with van der Waals surface area (Å²) in [6, 6.07) is 18.5. The molecule has 0 radical (unpaired) electrons. The molecular formula is C22H24N2O2. The summed E-state index contributed by atoms with van der Waals surface area (Å²) in [7, 11) is 0. The Balaban J connectivity index is 1.79. The first-order chi connectivity index (χ1) is 12.6. The average molecular weight is 348 g/mol. The van der Waals surface area contributed by atoms with Gasteiger partial charge in [0.05, 0.1) is 0 Å². The third kappa shape index (κ3) is 4.39. The number of amides is 2. The average Bonchev–Trinajstić information content (AvgIpc) is 3.22. The molecule has 0 aliphatic carbocycles. The van der Waals surface area contributed by atoms with Gasteiger partial charge in [-0.3, -0.25) is 9.59 Å². The SMILES string of the molecule is C/C(=C\C(=O)N[C@H](C(=O)N1CCCC1)c1ccccc1)c1ccccc1. The van der Waals surface area contributed by atoms with Crippen LogP contribution in [0, 0.1) is 0 Å². The molecule has 26 heavy (non-hydrogen) atoms. The molecular weight excluding hydrogens is 324 g/mol. The van der Waals surface area contributed by atoms with E-state index in [2.05, 4.69) is 5.32 Å². The summed E-state index contributed by atoms with van der Waals surface area (Å²) in [6.45, 7) is 3.42. The van der Waals surface area contributed by atoms with E-state index in [4.69, 9.17) is 0 Å². The number of nitrogens with zero attached hydrogens (tertiary/aromatic N) is 1. The van der Waals surface area contributed by atoms with Gasteiger partial charge in [0.25, 0.3) is 0 Å². The number of benzene rings is 2. The zero-order valence-electron chi connectivity index (χ0n) is 15.0. The fraction of sp³-hybridized carbons (Fsp3) is 0.273. The van der Waals surface area contributed by atoms with Crippen LogP contribution in [0.2, 0.25) is 0 Å². The summed E-state index contributed by atoms with van der Waals surface area (Å²) in [5, 5.41) is 2.90. The van der Waals surface area contributed by atoms with E-state index in [0.717, 1.165) is 42.6 Å². The topological polar surface area (TPSA) is 49.4 Å². The van der Waals surface area contributed by atoms with E-state index in [9.17, 15) is 9.59 Å². The quantitative estimate of drug-likeness (QED) is 0.840. The van der Waals surface area contributed by atoms with Gasteiger partial charge in [-0.1, -0.05) is 60.7 Å². The zero-order valence-corrected chi connectivity index (χ0v) is 15.0. The molecule has 134 valence electrons. The lowest BCUT2D eigenvalue weighted by Gasteiger charge is -2.24. The van der Waals surface area contributed by atoms with E-state index < -0.39 is 6.04 Å². The number of nitrogens with one attached hydrogen (secondary N) is 1. The first kappa shape index (κ1) is 17.9. The normalized spacial score (nSPS) is 15.6. The molecule has 1 heterocycles. The van der Waals surface area contributed by atoms with Crippen molar-refractivity contribution in [3.8, 4) is 0 Å². The van der Waals surface area contributed by atoms with Crippen LogP contribution in [0.15, 0.2) is 66.7 Å². The maximum Gasteiger partial charge on any atom is 0.249 e. The Bertz CT molecular complexity index is 778. The molecule has 1 atom stereocenters. The number of likely N-dealkylation sites (tertiary alicyclic amines) is 1. The van der Waals surface area contributed by atoms with E-state index in [1.807, 2.05) is 72.5 Å². The Labute approximate surface area is 154 Å². The predicted octanol–water partition coefficient (Wildman–Crippen LogP) is 3.57. The van der Waals surface area contributed by atoms with Crippen molar-refractivity contribution in [1.82, 2.24) is 10.2 Å². The van der Waals surface area contributed by atoms with Gasteiger partial charge in [-0.05, 0) is 36.5 Å². The molecule has 0 saturated carbocycles. The van der Waals surface area contributed by atoms with Gasteiger partial charge < -0.3 is 10.2 Å². The van der Waals surface area contributed by atoms with Gasteiger partial charge in [0.2, 0.25) is 11.8 Å². The van der Waals surface area contributed by atoms with Crippen LogP contribution in [0.5, 0.6) is 0 Å². The van der Waals surface area contributed by atoms with Crippen molar-refractivity contribution < 1.29 is 9.59 Å². The summed E-state index contributed by atoms with van der Waals surface area (Å²) in [4.78, 5) is 27.3.